The zero-order valence-corrected chi connectivity index (χ0v) is 13.1. The molecule has 2 aromatic rings. The van der Waals surface area contributed by atoms with Crippen LogP contribution in [-0.4, -0.2) is 35.9 Å². The van der Waals surface area contributed by atoms with E-state index in [0.717, 1.165) is 21.1 Å². The first-order valence-electron chi connectivity index (χ1n) is 5.90. The number of nitrogens with one attached hydrogen (secondary N) is 2. The Morgan fingerprint density at radius 2 is 2.00 bits per heavy atom. The second-order valence-electron chi connectivity index (χ2n) is 4.38. The van der Waals surface area contributed by atoms with Crippen molar-refractivity contribution in [3.05, 3.63) is 32.7 Å². The molecule has 2 atom stereocenters. The number of hydrogen-bond donors (Lipinski definition) is 2. The first kappa shape index (κ1) is 13.4. The summed E-state index contributed by atoms with van der Waals surface area (Å²) in [7, 11) is 0. The van der Waals surface area contributed by atoms with Gasteiger partial charge in [-0.3, -0.25) is 0 Å². The number of ether oxygens (including phenoxy) is 2. The highest BCUT2D eigenvalue weighted by molar-refractivity contribution is 9.11. The Labute approximate surface area is 125 Å². The van der Waals surface area contributed by atoms with E-state index >= 15 is 0 Å². The lowest BCUT2D eigenvalue weighted by Crippen LogP contribution is -2.31. The van der Waals surface area contributed by atoms with Gasteiger partial charge < -0.3 is 19.4 Å². The monoisotopic (exact) mass is 390 g/mol. The average molecular weight is 392 g/mol. The molecule has 0 spiro atoms. The van der Waals surface area contributed by atoms with Crippen LogP contribution in [0.25, 0.3) is 11.0 Å². The van der Waals surface area contributed by atoms with E-state index in [-0.39, 0.29) is 16.6 Å². The molecule has 102 valence electrons. The summed E-state index contributed by atoms with van der Waals surface area (Å²) >= 11 is 7.19. The molecule has 2 heterocycles. The number of hydrogen-bond acceptors (Lipinski definition) is 3. The third-order valence-corrected chi connectivity index (χ3v) is 4.87. The quantitative estimate of drug-likeness (QED) is 0.772. The molecule has 1 aromatic carbocycles. The lowest BCUT2D eigenvalue weighted by Gasteiger charge is -2.27. The maximum absolute atomic E-state index is 11.3. The number of aromatic amines is 2. The maximum Gasteiger partial charge on any atom is 0.323 e. The minimum absolute atomic E-state index is 0.00461. The van der Waals surface area contributed by atoms with Crippen LogP contribution in [0.1, 0.15) is 10.4 Å². The number of fused-ring (bicyclic) bond motifs is 1. The fourth-order valence-corrected chi connectivity index (χ4v) is 3.74. The van der Waals surface area contributed by atoms with Gasteiger partial charge in [0.05, 0.1) is 41.8 Å². The topological polar surface area (TPSA) is 67.1 Å². The lowest BCUT2D eigenvalue weighted by molar-refractivity contribution is -0.0877. The number of halogens is 2. The highest BCUT2D eigenvalue weighted by Crippen LogP contribution is 2.36. The Kier molecular flexibility index (Phi) is 3.79. The molecule has 0 radical (unpaired) electrons. The highest BCUT2D eigenvalue weighted by Gasteiger charge is 2.26. The number of benzene rings is 1. The van der Waals surface area contributed by atoms with Gasteiger partial charge in [0.25, 0.3) is 0 Å². The Bertz CT molecular complexity index is 646. The fraction of sp³-hybridized carbons (Fsp3) is 0.417. The summed E-state index contributed by atoms with van der Waals surface area (Å²) in [5, 5.41) is 0. The molecule has 0 amide bonds. The molecule has 0 bridgehead atoms. The standard InChI is InChI=1S/C12H12Br2N2O3/c13-7-4-9-8(15-12(17)16-9)3-6(7)11(14)10-5-18-1-2-19-10/h3-4,10-11H,1-2,5H2,(H2,15,16,17). The molecule has 0 aliphatic carbocycles. The molecule has 7 heteroatoms. The third kappa shape index (κ3) is 2.65. The van der Waals surface area contributed by atoms with Gasteiger partial charge in [0, 0.05) is 4.47 Å². The maximum atomic E-state index is 11.3. The van der Waals surface area contributed by atoms with Crippen LogP contribution in [0.5, 0.6) is 0 Å². The van der Waals surface area contributed by atoms with Crippen molar-refractivity contribution >= 4 is 42.9 Å². The number of H-pyrrole nitrogens is 2. The van der Waals surface area contributed by atoms with Crippen LogP contribution in [0.2, 0.25) is 0 Å². The van der Waals surface area contributed by atoms with Crippen LogP contribution < -0.4 is 5.69 Å². The van der Waals surface area contributed by atoms with Gasteiger partial charge in [-0.25, -0.2) is 4.79 Å². The van der Waals surface area contributed by atoms with E-state index in [0.29, 0.717) is 19.8 Å². The molecule has 0 saturated carbocycles. The van der Waals surface area contributed by atoms with Gasteiger partial charge in [0.2, 0.25) is 0 Å². The van der Waals surface area contributed by atoms with Crippen LogP contribution >= 0.6 is 31.9 Å². The normalized spacial score (nSPS) is 21.7. The van der Waals surface area contributed by atoms with E-state index in [4.69, 9.17) is 9.47 Å². The van der Waals surface area contributed by atoms with E-state index in [1.54, 1.807) is 0 Å². The fourth-order valence-electron chi connectivity index (χ4n) is 2.16. The van der Waals surface area contributed by atoms with Crippen molar-refractivity contribution < 1.29 is 9.47 Å². The van der Waals surface area contributed by atoms with Crippen LogP contribution in [0.15, 0.2) is 21.4 Å². The summed E-state index contributed by atoms with van der Waals surface area (Å²) in [6.07, 6.45) is -0.0341. The SMILES string of the molecule is O=c1[nH]c2cc(Br)c(C(Br)C3COCCO3)cc2[nH]1. The molecule has 1 aliphatic rings. The van der Waals surface area contributed by atoms with Gasteiger partial charge in [-0.2, -0.15) is 0 Å². The van der Waals surface area contributed by atoms with Gasteiger partial charge >= 0.3 is 5.69 Å². The minimum Gasteiger partial charge on any atom is -0.376 e. The van der Waals surface area contributed by atoms with E-state index in [1.165, 1.54) is 0 Å². The number of rotatable bonds is 2. The van der Waals surface area contributed by atoms with Crippen LogP contribution in [-0.2, 0) is 9.47 Å². The molecule has 5 nitrogen and oxygen atoms in total. The van der Waals surface area contributed by atoms with E-state index in [9.17, 15) is 4.79 Å². The van der Waals surface area contributed by atoms with Crippen LogP contribution in [0.4, 0.5) is 0 Å². The summed E-state index contributed by atoms with van der Waals surface area (Å²) in [5.74, 6) is 0. The number of alkyl halides is 1. The van der Waals surface area contributed by atoms with Crippen molar-refractivity contribution in [2.45, 2.75) is 10.9 Å². The van der Waals surface area contributed by atoms with Crippen molar-refractivity contribution in [3.8, 4) is 0 Å². The summed E-state index contributed by atoms with van der Waals surface area (Å²) in [6, 6.07) is 3.83. The Balaban J connectivity index is 1.98. The molecular formula is C12H12Br2N2O3. The van der Waals surface area contributed by atoms with Gasteiger partial charge in [-0.15, -0.1) is 0 Å². The predicted molar refractivity (Wildman–Crippen MR) is 78.8 cm³/mol. The molecule has 19 heavy (non-hydrogen) atoms. The van der Waals surface area contributed by atoms with Crippen molar-refractivity contribution in [3.63, 3.8) is 0 Å². The molecular weight excluding hydrogens is 380 g/mol. The van der Waals surface area contributed by atoms with Gasteiger partial charge in [0.15, 0.2) is 0 Å². The number of aromatic nitrogens is 2. The molecule has 2 unspecified atom stereocenters. The van der Waals surface area contributed by atoms with Crippen molar-refractivity contribution in [1.82, 2.24) is 9.97 Å². The first-order valence-corrected chi connectivity index (χ1v) is 7.61. The lowest BCUT2D eigenvalue weighted by atomic mass is 10.1. The summed E-state index contributed by atoms with van der Waals surface area (Å²) < 4.78 is 12.0. The van der Waals surface area contributed by atoms with E-state index < -0.39 is 0 Å². The molecule has 1 aromatic heterocycles. The molecule has 1 fully saturated rings. The van der Waals surface area contributed by atoms with Gasteiger partial charge in [0.1, 0.15) is 0 Å². The minimum atomic E-state index is -0.206. The second-order valence-corrected chi connectivity index (χ2v) is 6.23. The van der Waals surface area contributed by atoms with Crippen molar-refractivity contribution in [2.75, 3.05) is 19.8 Å². The van der Waals surface area contributed by atoms with E-state index in [2.05, 4.69) is 41.8 Å². The van der Waals surface area contributed by atoms with Crippen molar-refractivity contribution in [2.24, 2.45) is 0 Å². The summed E-state index contributed by atoms with van der Waals surface area (Å²) in [5.41, 5.74) is 2.38. The van der Waals surface area contributed by atoms with Gasteiger partial charge in [-0.05, 0) is 17.7 Å². The third-order valence-electron chi connectivity index (χ3n) is 3.10. The molecule has 3 rings (SSSR count). The predicted octanol–water partition coefficient (Wildman–Crippen LogP) is 2.47. The molecule has 1 aliphatic heterocycles. The Morgan fingerprint density at radius 1 is 1.26 bits per heavy atom. The Hall–Kier alpha value is -0.630. The molecule has 2 N–H and O–H groups in total. The summed E-state index contributed by atoms with van der Waals surface area (Å²) in [6.45, 7) is 1.80. The van der Waals surface area contributed by atoms with Crippen molar-refractivity contribution in [1.29, 1.82) is 0 Å². The van der Waals surface area contributed by atoms with Gasteiger partial charge in [-0.1, -0.05) is 31.9 Å². The smallest absolute Gasteiger partial charge is 0.323 e. The van der Waals surface area contributed by atoms with E-state index in [1.807, 2.05) is 12.1 Å². The number of imidazole rings is 1. The second kappa shape index (κ2) is 5.40. The Morgan fingerprint density at radius 3 is 2.68 bits per heavy atom. The zero-order valence-electron chi connectivity index (χ0n) is 9.91. The average Bonchev–Trinajstić information content (AvgIpc) is 2.77. The summed E-state index contributed by atoms with van der Waals surface area (Å²) in [4.78, 5) is 16.8. The highest BCUT2D eigenvalue weighted by atomic mass is 79.9. The van der Waals surface area contributed by atoms with Crippen LogP contribution in [0, 0.1) is 0 Å². The first-order chi connectivity index (χ1) is 9.15. The zero-order chi connectivity index (χ0) is 13.4. The van der Waals surface area contributed by atoms with Crippen LogP contribution in [0.3, 0.4) is 0 Å². The largest absolute Gasteiger partial charge is 0.376 e. The molecule has 1 saturated heterocycles.